The van der Waals surface area contributed by atoms with Crippen molar-refractivity contribution < 1.29 is 13.9 Å². The molecule has 7 nitrogen and oxygen atoms in total. The second-order valence-corrected chi connectivity index (χ2v) is 4.60. The van der Waals surface area contributed by atoms with Crippen LogP contribution in [0.4, 0.5) is 10.1 Å². The third-order valence-electron chi connectivity index (χ3n) is 3.15. The van der Waals surface area contributed by atoms with E-state index < -0.39 is 11.7 Å². The molecule has 23 heavy (non-hydrogen) atoms. The Kier molecular flexibility index (Phi) is 3.96. The molecule has 0 radical (unpaired) electrons. The monoisotopic (exact) mass is 313 g/mol. The van der Waals surface area contributed by atoms with Crippen molar-refractivity contribution in [2.75, 3.05) is 12.4 Å². The van der Waals surface area contributed by atoms with Crippen molar-refractivity contribution in [1.29, 1.82) is 0 Å². The summed E-state index contributed by atoms with van der Waals surface area (Å²) in [5.74, 6) is -0.212. The fourth-order valence-corrected chi connectivity index (χ4v) is 2.03. The van der Waals surface area contributed by atoms with Crippen molar-refractivity contribution >= 4 is 11.6 Å². The average molecular weight is 313 g/mol. The number of carbonyl (C=O) groups is 1. The molecule has 0 saturated carbocycles. The van der Waals surface area contributed by atoms with Crippen molar-refractivity contribution in [3.8, 4) is 11.4 Å². The van der Waals surface area contributed by atoms with Crippen LogP contribution in [-0.2, 0) is 0 Å². The highest BCUT2D eigenvalue weighted by Crippen LogP contribution is 2.19. The number of carbonyl (C=O) groups excluding carboxylic acids is 1. The van der Waals surface area contributed by atoms with Gasteiger partial charge in [-0.3, -0.25) is 4.79 Å². The first kappa shape index (κ1) is 14.6. The van der Waals surface area contributed by atoms with Crippen LogP contribution in [0.1, 0.15) is 10.4 Å². The predicted molar refractivity (Wildman–Crippen MR) is 80.1 cm³/mol. The molecule has 2 aromatic carbocycles. The van der Waals surface area contributed by atoms with Crippen molar-refractivity contribution in [1.82, 2.24) is 20.2 Å². The molecule has 0 atom stereocenters. The summed E-state index contributed by atoms with van der Waals surface area (Å²) in [7, 11) is 1.56. The van der Waals surface area contributed by atoms with Crippen LogP contribution in [-0.4, -0.2) is 33.2 Å². The first-order chi connectivity index (χ1) is 11.2. The summed E-state index contributed by atoms with van der Waals surface area (Å²) in [4.78, 5) is 12.4. The topological polar surface area (TPSA) is 81.9 Å². The fourth-order valence-electron chi connectivity index (χ4n) is 2.03. The van der Waals surface area contributed by atoms with Gasteiger partial charge in [0.25, 0.3) is 5.91 Å². The molecule has 0 bridgehead atoms. The molecule has 0 unspecified atom stereocenters. The molecule has 0 aliphatic carbocycles. The summed E-state index contributed by atoms with van der Waals surface area (Å²) in [6.07, 6.45) is 1.29. The lowest BCUT2D eigenvalue weighted by atomic mass is 10.1. The number of halogens is 1. The Morgan fingerprint density at radius 1 is 1.22 bits per heavy atom. The lowest BCUT2D eigenvalue weighted by molar-refractivity contribution is 0.102. The highest BCUT2D eigenvalue weighted by molar-refractivity contribution is 6.06. The van der Waals surface area contributed by atoms with E-state index in [0.717, 1.165) is 0 Å². The summed E-state index contributed by atoms with van der Waals surface area (Å²) in [6, 6.07) is 10.6. The van der Waals surface area contributed by atoms with Crippen LogP contribution in [0, 0.1) is 5.82 Å². The van der Waals surface area contributed by atoms with Gasteiger partial charge in [0.05, 0.1) is 18.4 Å². The minimum absolute atomic E-state index is 0.245. The summed E-state index contributed by atoms with van der Waals surface area (Å²) in [6.45, 7) is 0. The van der Waals surface area contributed by atoms with E-state index in [4.69, 9.17) is 4.74 Å². The molecule has 116 valence electrons. The van der Waals surface area contributed by atoms with Crippen molar-refractivity contribution in [3.05, 3.63) is 60.2 Å². The lowest BCUT2D eigenvalue weighted by Gasteiger charge is -2.10. The van der Waals surface area contributed by atoms with Gasteiger partial charge in [-0.15, -0.1) is 5.10 Å². The van der Waals surface area contributed by atoms with Gasteiger partial charge in [0.2, 0.25) is 0 Å². The molecule has 0 fully saturated rings. The third-order valence-corrected chi connectivity index (χ3v) is 3.15. The van der Waals surface area contributed by atoms with Crippen LogP contribution in [0.5, 0.6) is 5.75 Å². The highest BCUT2D eigenvalue weighted by Gasteiger charge is 2.15. The molecule has 1 heterocycles. The first-order valence-corrected chi connectivity index (χ1v) is 6.65. The second kappa shape index (κ2) is 6.22. The maximum atomic E-state index is 13.5. The molecule has 0 aliphatic heterocycles. The molecule has 0 saturated heterocycles. The Hall–Kier alpha value is -3.29. The Morgan fingerprint density at radius 2 is 2.00 bits per heavy atom. The van der Waals surface area contributed by atoms with Crippen LogP contribution >= 0.6 is 0 Å². The van der Waals surface area contributed by atoms with Gasteiger partial charge in [-0.05, 0) is 46.8 Å². The Balaban J connectivity index is 1.90. The predicted octanol–water partition coefficient (Wildman–Crippen LogP) is 2.06. The Labute approximate surface area is 130 Å². The van der Waals surface area contributed by atoms with Crippen LogP contribution in [0.15, 0.2) is 48.8 Å². The molecule has 0 aliphatic rings. The van der Waals surface area contributed by atoms with Crippen molar-refractivity contribution in [3.63, 3.8) is 0 Å². The van der Waals surface area contributed by atoms with E-state index >= 15 is 0 Å². The number of ether oxygens (including phenoxy) is 1. The van der Waals surface area contributed by atoms with E-state index in [1.165, 1.54) is 29.2 Å². The zero-order valence-electron chi connectivity index (χ0n) is 12.1. The van der Waals surface area contributed by atoms with E-state index in [1.807, 2.05) is 0 Å². The number of amides is 1. The van der Waals surface area contributed by atoms with Gasteiger partial charge in [-0.2, -0.15) is 4.68 Å². The van der Waals surface area contributed by atoms with E-state index in [-0.39, 0.29) is 11.3 Å². The third kappa shape index (κ3) is 3.15. The number of benzene rings is 2. The number of tetrazole rings is 1. The van der Waals surface area contributed by atoms with E-state index in [2.05, 4.69) is 20.8 Å². The number of methoxy groups -OCH3 is 1. The molecular formula is C15H12FN5O2. The Morgan fingerprint density at radius 3 is 2.65 bits per heavy atom. The quantitative estimate of drug-likeness (QED) is 0.797. The van der Waals surface area contributed by atoms with Crippen LogP contribution in [0.25, 0.3) is 5.69 Å². The largest absolute Gasteiger partial charge is 0.497 e. The standard InChI is InChI=1S/C15H12FN5O2/c1-23-12-5-3-11(4-6-12)18-15(22)13-7-2-10(16)8-14(13)21-9-17-19-20-21/h2-9H,1H3,(H,18,22). The van der Waals surface area contributed by atoms with Gasteiger partial charge in [0.15, 0.2) is 0 Å². The molecule has 1 amide bonds. The van der Waals surface area contributed by atoms with Crippen LogP contribution in [0.3, 0.4) is 0 Å². The van der Waals surface area contributed by atoms with E-state index in [0.29, 0.717) is 11.4 Å². The number of rotatable bonds is 4. The van der Waals surface area contributed by atoms with E-state index in [9.17, 15) is 9.18 Å². The number of nitrogens with zero attached hydrogens (tertiary/aromatic N) is 4. The van der Waals surface area contributed by atoms with Gasteiger partial charge in [0.1, 0.15) is 17.9 Å². The number of hydrogen-bond donors (Lipinski definition) is 1. The number of nitrogens with one attached hydrogen (secondary N) is 1. The molecule has 1 aromatic heterocycles. The minimum Gasteiger partial charge on any atom is -0.497 e. The number of hydrogen-bond acceptors (Lipinski definition) is 5. The van der Waals surface area contributed by atoms with Crippen molar-refractivity contribution in [2.24, 2.45) is 0 Å². The minimum atomic E-state index is -0.489. The molecule has 8 heteroatoms. The summed E-state index contributed by atoms with van der Waals surface area (Å²) in [5.41, 5.74) is 1.08. The molecular weight excluding hydrogens is 301 g/mol. The lowest BCUT2D eigenvalue weighted by Crippen LogP contribution is -2.15. The normalized spacial score (nSPS) is 10.3. The molecule has 1 N–H and O–H groups in total. The van der Waals surface area contributed by atoms with Gasteiger partial charge in [0, 0.05) is 11.8 Å². The number of anilines is 1. The zero-order valence-corrected chi connectivity index (χ0v) is 12.1. The van der Waals surface area contributed by atoms with Gasteiger partial charge in [-0.25, -0.2) is 4.39 Å². The Bertz CT molecular complexity index is 818. The van der Waals surface area contributed by atoms with Crippen LogP contribution < -0.4 is 10.1 Å². The molecule has 3 rings (SSSR count). The van der Waals surface area contributed by atoms with Gasteiger partial charge in [-0.1, -0.05) is 0 Å². The van der Waals surface area contributed by atoms with Gasteiger partial charge < -0.3 is 10.1 Å². The van der Waals surface area contributed by atoms with Gasteiger partial charge >= 0.3 is 0 Å². The maximum absolute atomic E-state index is 13.5. The summed E-state index contributed by atoms with van der Waals surface area (Å²) >= 11 is 0. The molecule has 0 spiro atoms. The molecule has 3 aromatic rings. The second-order valence-electron chi connectivity index (χ2n) is 4.60. The average Bonchev–Trinajstić information content (AvgIpc) is 3.09. The summed E-state index contributed by atoms with van der Waals surface area (Å²) < 4.78 is 19.8. The number of aromatic nitrogens is 4. The zero-order chi connectivity index (χ0) is 16.2. The fraction of sp³-hybridized carbons (Fsp3) is 0.0667. The van der Waals surface area contributed by atoms with E-state index in [1.54, 1.807) is 31.4 Å². The smallest absolute Gasteiger partial charge is 0.257 e. The highest BCUT2D eigenvalue weighted by atomic mass is 19.1. The first-order valence-electron chi connectivity index (χ1n) is 6.65. The van der Waals surface area contributed by atoms with Crippen molar-refractivity contribution in [2.45, 2.75) is 0 Å². The summed E-state index contributed by atoms with van der Waals surface area (Å²) in [5, 5.41) is 13.4. The maximum Gasteiger partial charge on any atom is 0.257 e. The van der Waals surface area contributed by atoms with Crippen LogP contribution in [0.2, 0.25) is 0 Å². The SMILES string of the molecule is COc1ccc(NC(=O)c2ccc(F)cc2-n2cnnn2)cc1.